The zero-order valence-electron chi connectivity index (χ0n) is 17.8. The SMILES string of the molecule is C[Si](C)(C1=C(c2ccco2)Cc2ccccc21)C1C(c2ccco2)=Cc2ccccc21. The van der Waals surface area contributed by atoms with Crippen molar-refractivity contribution in [3.63, 3.8) is 0 Å². The number of benzene rings is 2. The van der Waals surface area contributed by atoms with Crippen molar-refractivity contribution in [1.82, 2.24) is 0 Å². The Kier molecular flexibility index (Phi) is 4.09. The molecule has 0 amide bonds. The van der Waals surface area contributed by atoms with E-state index in [0.29, 0.717) is 5.54 Å². The molecule has 0 saturated heterocycles. The van der Waals surface area contributed by atoms with E-state index in [4.69, 9.17) is 8.83 Å². The first-order valence-corrected chi connectivity index (χ1v) is 13.9. The fourth-order valence-corrected chi connectivity index (χ4v) is 9.92. The number of allylic oxidation sites excluding steroid dienone is 2. The zero-order chi connectivity index (χ0) is 21.0. The van der Waals surface area contributed by atoms with Gasteiger partial charge in [-0.05, 0) is 63.4 Å². The lowest BCUT2D eigenvalue weighted by molar-refractivity contribution is 0.551. The van der Waals surface area contributed by atoms with E-state index in [-0.39, 0.29) is 0 Å². The molecule has 4 aromatic rings. The third kappa shape index (κ3) is 2.77. The molecule has 2 aliphatic rings. The topological polar surface area (TPSA) is 26.3 Å². The smallest absolute Gasteiger partial charge is 0.130 e. The molecule has 1 unspecified atom stereocenters. The van der Waals surface area contributed by atoms with Crippen LogP contribution in [-0.2, 0) is 6.42 Å². The molecule has 2 heterocycles. The molecule has 0 aliphatic heterocycles. The van der Waals surface area contributed by atoms with Gasteiger partial charge in [-0.15, -0.1) is 0 Å². The molecule has 2 aromatic carbocycles. The van der Waals surface area contributed by atoms with Crippen LogP contribution in [0.1, 0.15) is 39.3 Å². The third-order valence-corrected chi connectivity index (χ3v) is 10.8. The maximum atomic E-state index is 5.94. The van der Waals surface area contributed by atoms with E-state index >= 15 is 0 Å². The van der Waals surface area contributed by atoms with E-state index in [1.807, 2.05) is 12.1 Å². The lowest BCUT2D eigenvalue weighted by atomic mass is 10.1. The highest BCUT2D eigenvalue weighted by Crippen LogP contribution is 2.54. The lowest BCUT2D eigenvalue weighted by Crippen LogP contribution is -2.37. The van der Waals surface area contributed by atoms with E-state index < -0.39 is 8.07 Å². The fraction of sp³-hybridized carbons (Fsp3) is 0.143. The molecule has 6 rings (SSSR count). The predicted octanol–water partition coefficient (Wildman–Crippen LogP) is 7.46. The molecule has 0 spiro atoms. The van der Waals surface area contributed by atoms with Crippen LogP contribution < -0.4 is 0 Å². The molecule has 31 heavy (non-hydrogen) atoms. The van der Waals surface area contributed by atoms with Gasteiger partial charge in [0.1, 0.15) is 11.5 Å². The highest BCUT2D eigenvalue weighted by atomic mass is 28.3. The summed E-state index contributed by atoms with van der Waals surface area (Å²) < 4.78 is 11.9. The summed E-state index contributed by atoms with van der Waals surface area (Å²) in [6, 6.07) is 25.9. The Morgan fingerprint density at radius 2 is 1.48 bits per heavy atom. The van der Waals surface area contributed by atoms with Gasteiger partial charge in [0, 0.05) is 17.5 Å². The molecule has 1 atom stereocenters. The molecule has 3 heteroatoms. The van der Waals surface area contributed by atoms with Gasteiger partial charge in [0.15, 0.2) is 0 Å². The van der Waals surface area contributed by atoms with Crippen molar-refractivity contribution in [3.05, 3.63) is 119 Å². The molecule has 2 aliphatic carbocycles. The van der Waals surface area contributed by atoms with Gasteiger partial charge in [-0.25, -0.2) is 0 Å². The average Bonchev–Trinajstić information content (AvgIpc) is 3.57. The molecule has 0 fully saturated rings. The van der Waals surface area contributed by atoms with Crippen LogP contribution in [0.4, 0.5) is 0 Å². The van der Waals surface area contributed by atoms with Crippen molar-refractivity contribution in [2.75, 3.05) is 0 Å². The molecule has 0 saturated carbocycles. The first-order chi connectivity index (χ1) is 15.1. The highest BCUT2D eigenvalue weighted by Gasteiger charge is 2.46. The average molecular weight is 421 g/mol. The third-order valence-electron chi connectivity index (χ3n) is 6.88. The summed E-state index contributed by atoms with van der Waals surface area (Å²) in [5.74, 6) is 1.98. The minimum atomic E-state index is -2.09. The Morgan fingerprint density at radius 1 is 0.774 bits per heavy atom. The number of rotatable bonds is 4. The van der Waals surface area contributed by atoms with Gasteiger partial charge in [0.2, 0.25) is 0 Å². The quantitative estimate of drug-likeness (QED) is 0.320. The van der Waals surface area contributed by atoms with E-state index in [9.17, 15) is 0 Å². The van der Waals surface area contributed by atoms with Gasteiger partial charge in [0.05, 0.1) is 20.6 Å². The van der Waals surface area contributed by atoms with E-state index in [1.165, 1.54) is 38.6 Å². The molecule has 2 aromatic heterocycles. The highest BCUT2D eigenvalue weighted by molar-refractivity contribution is 6.98. The second kappa shape index (κ2) is 6.86. The first kappa shape index (κ1) is 18.5. The van der Waals surface area contributed by atoms with Gasteiger partial charge >= 0.3 is 0 Å². The molecule has 0 bridgehead atoms. The minimum absolute atomic E-state index is 0.320. The van der Waals surface area contributed by atoms with Crippen LogP contribution in [0.15, 0.2) is 94.2 Å². The van der Waals surface area contributed by atoms with Gasteiger partial charge in [-0.3, -0.25) is 0 Å². The van der Waals surface area contributed by atoms with Crippen molar-refractivity contribution >= 4 is 30.5 Å². The van der Waals surface area contributed by atoms with Crippen molar-refractivity contribution in [2.45, 2.75) is 25.1 Å². The summed E-state index contributed by atoms with van der Waals surface area (Å²) >= 11 is 0. The van der Waals surface area contributed by atoms with Crippen molar-refractivity contribution in [3.8, 4) is 0 Å². The monoisotopic (exact) mass is 420 g/mol. The van der Waals surface area contributed by atoms with Crippen LogP contribution in [0.2, 0.25) is 13.1 Å². The van der Waals surface area contributed by atoms with Crippen molar-refractivity contribution in [1.29, 1.82) is 0 Å². The summed E-state index contributed by atoms with van der Waals surface area (Å²) in [6.45, 7) is 5.02. The Labute approximate surface area is 183 Å². The predicted molar refractivity (Wildman–Crippen MR) is 129 cm³/mol. The van der Waals surface area contributed by atoms with Crippen LogP contribution in [0, 0.1) is 0 Å². The van der Waals surface area contributed by atoms with E-state index in [2.05, 4.69) is 79.8 Å². The van der Waals surface area contributed by atoms with Crippen LogP contribution in [0.25, 0.3) is 22.4 Å². The molecular weight excluding hydrogens is 396 g/mol. The molecule has 152 valence electrons. The van der Waals surface area contributed by atoms with Gasteiger partial charge in [-0.1, -0.05) is 61.6 Å². The van der Waals surface area contributed by atoms with Crippen LogP contribution in [0.3, 0.4) is 0 Å². The van der Waals surface area contributed by atoms with Crippen LogP contribution >= 0.6 is 0 Å². The number of hydrogen-bond acceptors (Lipinski definition) is 2. The zero-order valence-corrected chi connectivity index (χ0v) is 18.8. The Hall–Kier alpha value is -3.30. The lowest BCUT2D eigenvalue weighted by Gasteiger charge is -2.35. The maximum absolute atomic E-state index is 5.94. The van der Waals surface area contributed by atoms with Crippen molar-refractivity contribution < 1.29 is 8.83 Å². The fourth-order valence-electron chi connectivity index (χ4n) is 5.66. The second-order valence-electron chi connectivity index (χ2n) is 9.03. The number of fused-ring (bicyclic) bond motifs is 2. The van der Waals surface area contributed by atoms with E-state index in [0.717, 1.165) is 17.9 Å². The number of hydrogen-bond donors (Lipinski definition) is 0. The summed E-state index contributed by atoms with van der Waals surface area (Å²) in [7, 11) is -2.09. The Bertz CT molecular complexity index is 1320. The number of furan rings is 2. The summed E-state index contributed by atoms with van der Waals surface area (Å²) in [4.78, 5) is 0. The Balaban J connectivity index is 1.59. The van der Waals surface area contributed by atoms with Gasteiger partial charge in [0.25, 0.3) is 0 Å². The van der Waals surface area contributed by atoms with Crippen LogP contribution in [-0.4, -0.2) is 8.07 Å². The minimum Gasteiger partial charge on any atom is -0.465 e. The van der Waals surface area contributed by atoms with Crippen LogP contribution in [0.5, 0.6) is 0 Å². The maximum Gasteiger partial charge on any atom is 0.130 e. The summed E-state index contributed by atoms with van der Waals surface area (Å²) in [5.41, 5.74) is 8.51. The van der Waals surface area contributed by atoms with E-state index in [1.54, 1.807) is 12.5 Å². The van der Waals surface area contributed by atoms with Crippen molar-refractivity contribution in [2.24, 2.45) is 0 Å². The first-order valence-electron chi connectivity index (χ1n) is 10.8. The molecule has 0 radical (unpaired) electrons. The normalized spacial score (nSPS) is 17.6. The largest absolute Gasteiger partial charge is 0.465 e. The molecular formula is C28H24O2Si. The summed E-state index contributed by atoms with van der Waals surface area (Å²) in [6.07, 6.45) is 6.84. The van der Waals surface area contributed by atoms with Gasteiger partial charge in [-0.2, -0.15) is 0 Å². The van der Waals surface area contributed by atoms with Gasteiger partial charge < -0.3 is 8.83 Å². The standard InChI is InChI=1S/C28H24O2Si/c1-31(2,27-21-11-5-3-9-19(21)17-23(27)25-13-7-15-29-25)28-22-12-6-4-10-20(22)18-24(28)26-14-8-16-30-26/h3-17,27H,18H2,1-2H3. The second-order valence-corrected chi connectivity index (χ2v) is 13.5. The Morgan fingerprint density at radius 3 is 2.26 bits per heavy atom. The molecule has 0 N–H and O–H groups in total. The summed E-state index contributed by atoms with van der Waals surface area (Å²) in [5, 5.41) is 1.51. The molecule has 2 nitrogen and oxygen atoms in total.